The number of anilines is 2. The van der Waals surface area contributed by atoms with E-state index in [1.807, 2.05) is 48.5 Å². The Morgan fingerprint density at radius 1 is 1.00 bits per heavy atom. The lowest BCUT2D eigenvalue weighted by atomic mass is 9.95. The standard InChI is InChI=1S/C24H28N4O4/c1-26(2)23(30)21-16-28(19-12-6-7-13-20(19)32-21)22(29)17-9-8-14-27(15-17)24(31)25-18-10-4-3-5-11-18/h3-7,10-13,17,21H,8-9,14-16H2,1-2H3,(H,25,31)/t17-,21-/m1/s1. The van der Waals surface area contributed by atoms with E-state index < -0.39 is 6.10 Å². The molecule has 0 spiro atoms. The minimum absolute atomic E-state index is 0.0884. The van der Waals surface area contributed by atoms with E-state index in [-0.39, 0.29) is 30.3 Å². The second-order valence-corrected chi connectivity index (χ2v) is 8.34. The van der Waals surface area contributed by atoms with E-state index >= 15 is 0 Å². The predicted molar refractivity (Wildman–Crippen MR) is 122 cm³/mol. The number of fused-ring (bicyclic) bond motifs is 1. The van der Waals surface area contributed by atoms with Crippen molar-refractivity contribution in [1.29, 1.82) is 0 Å². The van der Waals surface area contributed by atoms with E-state index in [2.05, 4.69) is 5.32 Å². The number of carbonyl (C=O) groups excluding carboxylic acids is 3. The van der Waals surface area contributed by atoms with Crippen LogP contribution >= 0.6 is 0 Å². The Kier molecular flexibility index (Phi) is 6.30. The first-order valence-corrected chi connectivity index (χ1v) is 10.8. The summed E-state index contributed by atoms with van der Waals surface area (Å²) in [7, 11) is 3.34. The Labute approximate surface area is 187 Å². The van der Waals surface area contributed by atoms with Gasteiger partial charge in [-0.3, -0.25) is 9.59 Å². The van der Waals surface area contributed by atoms with E-state index in [0.717, 1.165) is 12.1 Å². The van der Waals surface area contributed by atoms with Gasteiger partial charge in [-0.05, 0) is 37.1 Å². The summed E-state index contributed by atoms with van der Waals surface area (Å²) in [4.78, 5) is 43.7. The van der Waals surface area contributed by atoms with Crippen molar-refractivity contribution in [1.82, 2.24) is 9.80 Å². The number of urea groups is 1. The zero-order valence-corrected chi connectivity index (χ0v) is 18.4. The van der Waals surface area contributed by atoms with Crippen LogP contribution in [0.4, 0.5) is 16.2 Å². The molecule has 168 valence electrons. The topological polar surface area (TPSA) is 82.2 Å². The van der Waals surface area contributed by atoms with E-state index in [1.165, 1.54) is 4.90 Å². The summed E-state index contributed by atoms with van der Waals surface area (Å²) in [5.74, 6) is -0.104. The smallest absolute Gasteiger partial charge is 0.321 e. The van der Waals surface area contributed by atoms with Crippen LogP contribution in [0.15, 0.2) is 54.6 Å². The first-order valence-electron chi connectivity index (χ1n) is 10.8. The third kappa shape index (κ3) is 4.54. The lowest BCUT2D eigenvalue weighted by Crippen LogP contribution is -2.54. The van der Waals surface area contributed by atoms with Crippen LogP contribution in [0.3, 0.4) is 0 Å². The molecule has 2 heterocycles. The quantitative estimate of drug-likeness (QED) is 0.802. The highest BCUT2D eigenvalue weighted by Crippen LogP contribution is 2.35. The van der Waals surface area contributed by atoms with Gasteiger partial charge in [-0.1, -0.05) is 30.3 Å². The largest absolute Gasteiger partial charge is 0.476 e. The highest BCUT2D eigenvalue weighted by molar-refractivity contribution is 5.99. The average molecular weight is 437 g/mol. The maximum Gasteiger partial charge on any atom is 0.321 e. The van der Waals surface area contributed by atoms with E-state index in [1.54, 1.807) is 30.0 Å². The van der Waals surface area contributed by atoms with Crippen LogP contribution in [0.2, 0.25) is 0 Å². The van der Waals surface area contributed by atoms with Crippen LogP contribution in [0.5, 0.6) is 5.75 Å². The molecule has 2 aromatic rings. The highest BCUT2D eigenvalue weighted by atomic mass is 16.5. The molecule has 2 atom stereocenters. The molecule has 8 nitrogen and oxygen atoms in total. The first kappa shape index (κ1) is 21.7. The van der Waals surface area contributed by atoms with Crippen molar-refractivity contribution >= 4 is 29.2 Å². The van der Waals surface area contributed by atoms with E-state index in [0.29, 0.717) is 30.9 Å². The van der Waals surface area contributed by atoms with Crippen molar-refractivity contribution in [3.63, 3.8) is 0 Å². The number of para-hydroxylation sites is 3. The van der Waals surface area contributed by atoms with Crippen LogP contribution in [0, 0.1) is 5.92 Å². The molecule has 2 aliphatic heterocycles. The molecule has 0 aromatic heterocycles. The van der Waals surface area contributed by atoms with Gasteiger partial charge in [-0.25, -0.2) is 4.79 Å². The van der Waals surface area contributed by atoms with Gasteiger partial charge in [0, 0.05) is 32.9 Å². The number of likely N-dealkylation sites (tertiary alicyclic amines) is 1. The number of nitrogens with one attached hydrogen (secondary N) is 1. The molecule has 0 bridgehead atoms. The van der Waals surface area contributed by atoms with E-state index in [9.17, 15) is 14.4 Å². The van der Waals surface area contributed by atoms with Crippen molar-refractivity contribution in [3.8, 4) is 5.75 Å². The minimum Gasteiger partial charge on any atom is -0.476 e. The Bertz CT molecular complexity index is 995. The molecule has 4 amide bonds. The van der Waals surface area contributed by atoms with Gasteiger partial charge in [0.15, 0.2) is 6.10 Å². The Morgan fingerprint density at radius 2 is 1.72 bits per heavy atom. The Hall–Kier alpha value is -3.55. The van der Waals surface area contributed by atoms with Crippen LogP contribution < -0.4 is 15.0 Å². The molecule has 8 heteroatoms. The number of nitrogens with zero attached hydrogens (tertiary/aromatic N) is 3. The van der Waals surface area contributed by atoms with Crippen molar-refractivity contribution in [2.24, 2.45) is 5.92 Å². The van der Waals surface area contributed by atoms with Crippen molar-refractivity contribution < 1.29 is 19.1 Å². The molecular weight excluding hydrogens is 408 g/mol. The Morgan fingerprint density at radius 3 is 2.47 bits per heavy atom. The maximum absolute atomic E-state index is 13.6. The summed E-state index contributed by atoms with van der Waals surface area (Å²) in [5.41, 5.74) is 1.38. The molecule has 0 aliphatic carbocycles. The normalized spacial score (nSPS) is 20.1. The first-order chi connectivity index (χ1) is 15.4. The molecular formula is C24H28N4O4. The number of carbonyl (C=O) groups is 3. The fourth-order valence-electron chi connectivity index (χ4n) is 4.17. The van der Waals surface area contributed by atoms with Crippen LogP contribution in [-0.4, -0.2) is 67.5 Å². The van der Waals surface area contributed by atoms with Gasteiger partial charge in [0.1, 0.15) is 5.75 Å². The van der Waals surface area contributed by atoms with Gasteiger partial charge in [0.2, 0.25) is 5.91 Å². The van der Waals surface area contributed by atoms with Gasteiger partial charge in [-0.2, -0.15) is 0 Å². The highest BCUT2D eigenvalue weighted by Gasteiger charge is 2.38. The Balaban J connectivity index is 1.50. The summed E-state index contributed by atoms with van der Waals surface area (Å²) in [6, 6.07) is 16.3. The molecule has 2 aromatic carbocycles. The summed E-state index contributed by atoms with van der Waals surface area (Å²) < 4.78 is 5.89. The zero-order chi connectivity index (χ0) is 22.7. The van der Waals surface area contributed by atoms with Crippen molar-refractivity contribution in [3.05, 3.63) is 54.6 Å². The van der Waals surface area contributed by atoms with Gasteiger partial charge >= 0.3 is 6.03 Å². The summed E-state index contributed by atoms with van der Waals surface area (Å²) in [6.45, 7) is 1.09. The summed E-state index contributed by atoms with van der Waals surface area (Å²) >= 11 is 0. The van der Waals surface area contributed by atoms with Gasteiger partial charge in [0.25, 0.3) is 5.91 Å². The third-order valence-corrected chi connectivity index (χ3v) is 5.84. The molecule has 1 fully saturated rings. The second-order valence-electron chi connectivity index (χ2n) is 8.34. The fraction of sp³-hybridized carbons (Fsp3) is 0.375. The number of amides is 4. The van der Waals surface area contributed by atoms with Crippen molar-refractivity contribution in [2.75, 3.05) is 43.9 Å². The molecule has 1 saturated heterocycles. The number of hydrogen-bond acceptors (Lipinski definition) is 4. The van der Waals surface area contributed by atoms with Crippen LogP contribution in [0.1, 0.15) is 12.8 Å². The molecule has 0 unspecified atom stereocenters. The lowest BCUT2D eigenvalue weighted by Gasteiger charge is -2.39. The minimum atomic E-state index is -0.759. The van der Waals surface area contributed by atoms with Gasteiger partial charge < -0.3 is 24.8 Å². The molecule has 32 heavy (non-hydrogen) atoms. The molecule has 0 radical (unpaired) electrons. The van der Waals surface area contributed by atoms with Crippen molar-refractivity contribution in [2.45, 2.75) is 18.9 Å². The third-order valence-electron chi connectivity index (χ3n) is 5.84. The summed E-state index contributed by atoms with van der Waals surface area (Å²) in [5, 5.41) is 2.89. The number of piperidine rings is 1. The van der Waals surface area contributed by atoms with Gasteiger partial charge in [0.05, 0.1) is 18.2 Å². The number of hydrogen-bond donors (Lipinski definition) is 1. The molecule has 4 rings (SSSR count). The fourth-order valence-corrected chi connectivity index (χ4v) is 4.17. The monoisotopic (exact) mass is 436 g/mol. The molecule has 1 N–H and O–H groups in total. The number of likely N-dealkylation sites (N-methyl/N-ethyl adjacent to an activating group) is 1. The van der Waals surface area contributed by atoms with Crippen LogP contribution in [-0.2, 0) is 9.59 Å². The zero-order valence-electron chi connectivity index (χ0n) is 18.4. The average Bonchev–Trinajstić information content (AvgIpc) is 2.83. The summed E-state index contributed by atoms with van der Waals surface area (Å²) in [6.07, 6.45) is 0.676. The van der Waals surface area contributed by atoms with Gasteiger partial charge in [-0.15, -0.1) is 0 Å². The second kappa shape index (κ2) is 9.30. The number of benzene rings is 2. The van der Waals surface area contributed by atoms with E-state index in [4.69, 9.17) is 4.74 Å². The van der Waals surface area contributed by atoms with Crippen LogP contribution in [0.25, 0.3) is 0 Å². The predicted octanol–water partition coefficient (Wildman–Crippen LogP) is 2.81. The SMILES string of the molecule is CN(C)C(=O)[C@H]1CN(C(=O)[C@@H]2CCCN(C(=O)Nc3ccccc3)C2)c2ccccc2O1. The number of ether oxygens (including phenoxy) is 1. The maximum atomic E-state index is 13.6. The number of rotatable bonds is 3. The lowest BCUT2D eigenvalue weighted by molar-refractivity contribution is -0.136. The molecule has 2 aliphatic rings. The molecule has 0 saturated carbocycles.